The Morgan fingerprint density at radius 3 is 3.03 bits per heavy atom. The van der Waals surface area contributed by atoms with Crippen molar-refractivity contribution in [3.63, 3.8) is 0 Å². The smallest absolute Gasteiger partial charge is 0.223 e. The summed E-state index contributed by atoms with van der Waals surface area (Å²) >= 11 is 0. The van der Waals surface area contributed by atoms with Crippen LogP contribution in [0.15, 0.2) is 60.0 Å². The molecule has 1 amide bonds. The average molecular weight is 427 g/mol. The van der Waals surface area contributed by atoms with Crippen LogP contribution < -0.4 is 5.32 Å². The summed E-state index contributed by atoms with van der Waals surface area (Å²) < 4.78 is 7.16. The number of carbonyl (C=O) groups is 1. The van der Waals surface area contributed by atoms with Crippen LogP contribution in [0, 0.1) is 11.3 Å². The van der Waals surface area contributed by atoms with Gasteiger partial charge in [0.15, 0.2) is 0 Å². The Morgan fingerprint density at radius 1 is 1.16 bits per heavy atom. The van der Waals surface area contributed by atoms with Crippen molar-refractivity contribution in [3.05, 3.63) is 65.5 Å². The lowest BCUT2D eigenvalue weighted by Crippen LogP contribution is -2.53. The van der Waals surface area contributed by atoms with Crippen LogP contribution in [-0.4, -0.2) is 28.6 Å². The van der Waals surface area contributed by atoms with Crippen LogP contribution in [0.2, 0.25) is 0 Å². The predicted octanol–water partition coefficient (Wildman–Crippen LogP) is 5.20. The van der Waals surface area contributed by atoms with Crippen molar-refractivity contribution in [1.29, 1.82) is 0 Å². The van der Waals surface area contributed by atoms with Gasteiger partial charge in [-0.1, -0.05) is 31.2 Å². The molecule has 2 bridgehead atoms. The maximum atomic E-state index is 12.5. The van der Waals surface area contributed by atoms with E-state index in [0.717, 1.165) is 32.2 Å². The Labute approximate surface area is 189 Å². The van der Waals surface area contributed by atoms with Gasteiger partial charge in [-0.2, -0.15) is 0 Å². The summed E-state index contributed by atoms with van der Waals surface area (Å²) in [5.74, 6) is 1.16. The second kappa shape index (κ2) is 6.32. The molecule has 3 aliphatic heterocycles. The molecule has 1 aromatic carbocycles. The van der Waals surface area contributed by atoms with E-state index in [4.69, 9.17) is 4.74 Å². The lowest BCUT2D eigenvalue weighted by atomic mass is 9.58. The van der Waals surface area contributed by atoms with Crippen LogP contribution in [0.4, 0.5) is 0 Å². The number of benzene rings is 1. The first-order chi connectivity index (χ1) is 15.5. The molecule has 5 aliphatic rings. The fourth-order valence-electron chi connectivity index (χ4n) is 8.07. The number of hydrogen-bond donors (Lipinski definition) is 1. The average Bonchev–Trinajstić information content (AvgIpc) is 3.25. The van der Waals surface area contributed by atoms with Crippen molar-refractivity contribution in [3.8, 4) is 0 Å². The molecule has 2 aliphatic carbocycles. The van der Waals surface area contributed by atoms with E-state index in [9.17, 15) is 4.79 Å². The topological polar surface area (TPSA) is 51.2 Å². The number of pyridine rings is 1. The zero-order valence-corrected chi connectivity index (χ0v) is 18.7. The Bertz CT molecular complexity index is 1210. The fraction of sp³-hybridized carbons (Fsp3) is 0.500. The Kier molecular flexibility index (Phi) is 3.76. The minimum atomic E-state index is -0.372. The van der Waals surface area contributed by atoms with Gasteiger partial charge in [0.05, 0.1) is 17.6 Å². The van der Waals surface area contributed by atoms with Crippen molar-refractivity contribution < 1.29 is 9.53 Å². The molecule has 2 spiro atoms. The minimum Gasteiger partial charge on any atom is -0.359 e. The third-order valence-electron chi connectivity index (χ3n) is 9.57. The summed E-state index contributed by atoms with van der Waals surface area (Å²) in [7, 11) is 0. The maximum absolute atomic E-state index is 12.5. The van der Waals surface area contributed by atoms with E-state index in [1.165, 1.54) is 40.3 Å². The van der Waals surface area contributed by atoms with Crippen molar-refractivity contribution >= 4 is 16.7 Å². The third kappa shape index (κ3) is 2.37. The van der Waals surface area contributed by atoms with Gasteiger partial charge in [-0.3, -0.25) is 9.78 Å². The van der Waals surface area contributed by atoms with E-state index in [2.05, 4.69) is 53.6 Å². The van der Waals surface area contributed by atoms with Gasteiger partial charge in [-0.25, -0.2) is 0 Å². The maximum Gasteiger partial charge on any atom is 0.223 e. The zero-order valence-electron chi connectivity index (χ0n) is 18.7. The number of nitrogens with one attached hydrogen (secondary N) is 1. The Morgan fingerprint density at radius 2 is 2.09 bits per heavy atom. The van der Waals surface area contributed by atoms with Gasteiger partial charge < -0.3 is 10.1 Å². The monoisotopic (exact) mass is 426 g/mol. The first-order valence-corrected chi connectivity index (χ1v) is 12.2. The van der Waals surface area contributed by atoms with Crippen molar-refractivity contribution in [1.82, 2.24) is 10.3 Å². The van der Waals surface area contributed by atoms with Gasteiger partial charge in [0, 0.05) is 24.3 Å². The number of amides is 1. The van der Waals surface area contributed by atoms with Crippen LogP contribution in [-0.2, 0) is 9.53 Å². The Balaban J connectivity index is 1.31. The molecule has 0 unspecified atom stereocenters. The second-order valence-electron chi connectivity index (χ2n) is 11.0. The van der Waals surface area contributed by atoms with Crippen molar-refractivity contribution in [2.45, 2.75) is 69.0 Å². The van der Waals surface area contributed by atoms with Crippen molar-refractivity contribution in [2.75, 3.05) is 6.54 Å². The van der Waals surface area contributed by atoms with Gasteiger partial charge in [-0.05, 0) is 90.0 Å². The second-order valence-corrected chi connectivity index (χ2v) is 11.0. The van der Waals surface area contributed by atoms with E-state index < -0.39 is 0 Å². The van der Waals surface area contributed by atoms with Crippen LogP contribution in [0.1, 0.15) is 63.4 Å². The number of carbonyl (C=O) groups excluding carboxylic acids is 1. The largest absolute Gasteiger partial charge is 0.359 e. The highest BCUT2D eigenvalue weighted by Gasteiger charge is 2.66. The molecule has 1 aromatic heterocycles. The summed E-state index contributed by atoms with van der Waals surface area (Å²) in [6, 6.07) is 9.05. The summed E-state index contributed by atoms with van der Waals surface area (Å²) in [6.07, 6.45) is 15.7. The number of hydrogen-bond acceptors (Lipinski definition) is 3. The normalized spacial score (nSPS) is 40.0. The van der Waals surface area contributed by atoms with E-state index >= 15 is 0 Å². The van der Waals surface area contributed by atoms with Gasteiger partial charge in [0.2, 0.25) is 5.91 Å². The summed E-state index contributed by atoms with van der Waals surface area (Å²) in [6.45, 7) is 3.23. The molecule has 164 valence electrons. The lowest BCUT2D eigenvalue weighted by molar-refractivity contribution is -0.141. The van der Waals surface area contributed by atoms with Crippen molar-refractivity contribution in [2.24, 2.45) is 11.3 Å². The van der Waals surface area contributed by atoms with Crippen LogP contribution in [0.25, 0.3) is 10.8 Å². The van der Waals surface area contributed by atoms with Gasteiger partial charge in [0.25, 0.3) is 0 Å². The van der Waals surface area contributed by atoms with Crippen LogP contribution in [0.5, 0.6) is 0 Å². The molecule has 1 saturated carbocycles. The SMILES string of the molecule is C[C@]12CC=C3C=C4CCNC(=O)C[C@]45CC[C@]3(O5)[C@@H]1CC[C@@H]2c1ccc2ccncc2c1. The first-order valence-electron chi connectivity index (χ1n) is 12.2. The van der Waals surface area contributed by atoms with Crippen LogP contribution in [0.3, 0.4) is 0 Å². The number of fused-ring (bicyclic) bond motifs is 2. The Hall–Kier alpha value is -2.46. The molecular weight excluding hydrogens is 396 g/mol. The molecule has 3 fully saturated rings. The van der Waals surface area contributed by atoms with Crippen LogP contribution >= 0.6 is 0 Å². The third-order valence-corrected chi connectivity index (χ3v) is 9.57. The van der Waals surface area contributed by atoms with E-state index in [1.54, 1.807) is 0 Å². The standard InChI is InChI=1S/C28H30N2O2/c1-26-9-6-22-15-21-8-13-30-25(31)16-27(21)10-11-28(22,32-27)24(26)5-4-23(26)19-3-2-18-7-12-29-17-20(18)14-19/h2-3,6-7,12,14-15,17,23-24H,4-5,8-11,13,16H2,1H3,(H,30,31)/t23-,24-,26-,27-,28-/m1/s1. The number of nitrogens with zero attached hydrogens (tertiary/aromatic N) is 1. The molecule has 0 radical (unpaired) electrons. The van der Waals surface area contributed by atoms with E-state index in [1.807, 2.05) is 12.4 Å². The molecule has 1 N–H and O–H groups in total. The molecule has 4 nitrogen and oxygen atoms in total. The van der Waals surface area contributed by atoms with Gasteiger partial charge in [0.1, 0.15) is 0 Å². The number of allylic oxidation sites excluding steroid dienone is 1. The molecular formula is C28H30N2O2. The zero-order chi connectivity index (χ0) is 21.6. The van der Waals surface area contributed by atoms with E-state index in [0.29, 0.717) is 18.3 Å². The molecule has 4 heterocycles. The predicted molar refractivity (Wildman–Crippen MR) is 124 cm³/mol. The highest BCUT2D eigenvalue weighted by Crippen LogP contribution is 2.68. The fourth-order valence-corrected chi connectivity index (χ4v) is 8.07. The molecule has 4 heteroatoms. The molecule has 2 aromatic rings. The summed E-state index contributed by atoms with van der Waals surface area (Å²) in [5, 5.41) is 5.55. The molecule has 5 atom stereocenters. The quantitative estimate of drug-likeness (QED) is 0.682. The molecule has 32 heavy (non-hydrogen) atoms. The summed E-state index contributed by atoms with van der Waals surface area (Å²) in [5.41, 5.74) is 3.77. The number of aromatic nitrogens is 1. The summed E-state index contributed by atoms with van der Waals surface area (Å²) in [4.78, 5) is 16.8. The van der Waals surface area contributed by atoms with Gasteiger partial charge >= 0.3 is 0 Å². The lowest BCUT2D eigenvalue weighted by Gasteiger charge is -2.53. The van der Waals surface area contributed by atoms with E-state index in [-0.39, 0.29) is 22.5 Å². The first kappa shape index (κ1) is 19.0. The minimum absolute atomic E-state index is 0.144. The highest BCUT2D eigenvalue weighted by molar-refractivity contribution is 5.82. The number of rotatable bonds is 1. The highest BCUT2D eigenvalue weighted by atomic mass is 16.5. The van der Waals surface area contributed by atoms with Gasteiger partial charge in [-0.15, -0.1) is 0 Å². The molecule has 7 rings (SSSR count). The molecule has 2 saturated heterocycles. The number of ether oxygens (including phenoxy) is 1.